The van der Waals surface area contributed by atoms with Gasteiger partial charge in [-0.05, 0) is 49.7 Å². The molecule has 2 rings (SSSR count). The molecule has 0 aromatic heterocycles. The molecule has 0 saturated carbocycles. The van der Waals surface area contributed by atoms with Crippen molar-refractivity contribution in [1.82, 2.24) is 5.32 Å². The summed E-state index contributed by atoms with van der Waals surface area (Å²) in [7, 11) is 1.70. The molecule has 23 heavy (non-hydrogen) atoms. The fourth-order valence-corrected chi connectivity index (χ4v) is 2.53. The van der Waals surface area contributed by atoms with Crippen LogP contribution in [-0.4, -0.2) is 20.3 Å². The third-order valence-corrected chi connectivity index (χ3v) is 3.64. The van der Waals surface area contributed by atoms with Gasteiger partial charge in [0.2, 0.25) is 0 Å². The quantitative estimate of drug-likeness (QED) is 0.707. The fourth-order valence-electron chi connectivity index (χ4n) is 2.34. The second kappa shape index (κ2) is 10.4. The summed E-state index contributed by atoms with van der Waals surface area (Å²) in [6.07, 6.45) is 0.911. The highest BCUT2D eigenvalue weighted by Crippen LogP contribution is 2.23. The van der Waals surface area contributed by atoms with Crippen LogP contribution < -0.4 is 14.8 Å². The zero-order chi connectivity index (χ0) is 15.8. The minimum absolute atomic E-state index is 0. The van der Waals surface area contributed by atoms with E-state index in [0.717, 1.165) is 41.6 Å². The summed E-state index contributed by atoms with van der Waals surface area (Å²) >= 11 is 6.07. The van der Waals surface area contributed by atoms with Gasteiger partial charge in [0, 0.05) is 17.1 Å². The highest BCUT2D eigenvalue weighted by atomic mass is 35.5. The van der Waals surface area contributed by atoms with E-state index in [0.29, 0.717) is 6.61 Å². The Labute approximate surface area is 149 Å². The molecule has 0 bridgehead atoms. The molecule has 0 radical (unpaired) electrons. The van der Waals surface area contributed by atoms with Crippen LogP contribution in [0, 0.1) is 0 Å². The van der Waals surface area contributed by atoms with Crippen LogP contribution in [0.5, 0.6) is 11.5 Å². The van der Waals surface area contributed by atoms with Gasteiger partial charge in [-0.25, -0.2) is 0 Å². The lowest BCUT2D eigenvalue weighted by Gasteiger charge is -2.12. The molecular formula is C18H23Cl2NO2. The third kappa shape index (κ3) is 5.94. The lowest BCUT2D eigenvalue weighted by atomic mass is 10.1. The molecule has 0 fully saturated rings. The molecule has 0 heterocycles. The molecule has 0 aliphatic carbocycles. The van der Waals surface area contributed by atoms with Crippen molar-refractivity contribution in [3.63, 3.8) is 0 Å². The minimum atomic E-state index is 0. The van der Waals surface area contributed by atoms with Crippen LogP contribution in [0.2, 0.25) is 5.02 Å². The van der Waals surface area contributed by atoms with E-state index >= 15 is 0 Å². The standard InChI is InChI=1S/C18H22ClNO2.ClH/c1-3-22-18-9-8-16(19)12-15(18)13-20-11-10-14-6-4-5-7-17(14)21-2;/h4-9,12,20H,3,10-11,13H2,1-2H3;1H. The van der Waals surface area contributed by atoms with Gasteiger partial charge in [-0.3, -0.25) is 0 Å². The zero-order valence-corrected chi connectivity index (χ0v) is 15.0. The molecule has 126 valence electrons. The summed E-state index contributed by atoms with van der Waals surface area (Å²) in [5.41, 5.74) is 2.28. The van der Waals surface area contributed by atoms with E-state index in [4.69, 9.17) is 21.1 Å². The molecule has 0 aliphatic rings. The van der Waals surface area contributed by atoms with Crippen molar-refractivity contribution in [1.29, 1.82) is 0 Å². The van der Waals surface area contributed by atoms with Gasteiger partial charge in [0.15, 0.2) is 0 Å². The van der Waals surface area contributed by atoms with Crippen molar-refractivity contribution in [2.24, 2.45) is 0 Å². The molecule has 0 unspecified atom stereocenters. The molecule has 0 saturated heterocycles. The largest absolute Gasteiger partial charge is 0.496 e. The summed E-state index contributed by atoms with van der Waals surface area (Å²) in [5, 5.41) is 4.16. The van der Waals surface area contributed by atoms with Crippen molar-refractivity contribution >= 4 is 24.0 Å². The van der Waals surface area contributed by atoms with Crippen molar-refractivity contribution in [2.75, 3.05) is 20.3 Å². The highest BCUT2D eigenvalue weighted by molar-refractivity contribution is 6.30. The average molecular weight is 356 g/mol. The molecule has 0 spiro atoms. The Bertz CT molecular complexity index is 605. The number of para-hydroxylation sites is 1. The van der Waals surface area contributed by atoms with E-state index in [9.17, 15) is 0 Å². The van der Waals surface area contributed by atoms with Gasteiger partial charge in [0.1, 0.15) is 11.5 Å². The van der Waals surface area contributed by atoms with E-state index in [-0.39, 0.29) is 12.4 Å². The third-order valence-electron chi connectivity index (χ3n) is 3.40. The first kappa shape index (κ1) is 19.6. The molecule has 2 aromatic carbocycles. The van der Waals surface area contributed by atoms with Crippen LogP contribution in [0.1, 0.15) is 18.1 Å². The second-order valence-electron chi connectivity index (χ2n) is 4.92. The number of hydrogen-bond donors (Lipinski definition) is 1. The van der Waals surface area contributed by atoms with Crippen molar-refractivity contribution in [3.05, 3.63) is 58.6 Å². The van der Waals surface area contributed by atoms with Gasteiger partial charge in [-0.1, -0.05) is 29.8 Å². The Balaban J connectivity index is 0.00000264. The van der Waals surface area contributed by atoms with Crippen LogP contribution >= 0.6 is 24.0 Å². The summed E-state index contributed by atoms with van der Waals surface area (Å²) in [6.45, 7) is 4.22. The van der Waals surface area contributed by atoms with Crippen LogP contribution in [0.3, 0.4) is 0 Å². The van der Waals surface area contributed by atoms with Crippen molar-refractivity contribution in [3.8, 4) is 11.5 Å². The van der Waals surface area contributed by atoms with Gasteiger partial charge >= 0.3 is 0 Å². The van der Waals surface area contributed by atoms with E-state index in [1.807, 2.05) is 43.3 Å². The Kier molecular flexibility index (Phi) is 8.85. The first-order valence-electron chi connectivity index (χ1n) is 7.48. The van der Waals surface area contributed by atoms with Crippen LogP contribution in [0.4, 0.5) is 0 Å². The van der Waals surface area contributed by atoms with Gasteiger partial charge < -0.3 is 14.8 Å². The first-order chi connectivity index (χ1) is 10.7. The molecule has 0 amide bonds. The Morgan fingerprint density at radius 2 is 1.83 bits per heavy atom. The topological polar surface area (TPSA) is 30.5 Å². The maximum atomic E-state index is 6.07. The average Bonchev–Trinajstić information content (AvgIpc) is 2.54. The van der Waals surface area contributed by atoms with Crippen LogP contribution in [0.15, 0.2) is 42.5 Å². The normalized spacial score (nSPS) is 10.0. The Hall–Kier alpha value is -1.42. The lowest BCUT2D eigenvalue weighted by Crippen LogP contribution is -2.17. The van der Waals surface area contributed by atoms with Gasteiger partial charge in [-0.15, -0.1) is 12.4 Å². The van der Waals surface area contributed by atoms with Gasteiger partial charge in [-0.2, -0.15) is 0 Å². The van der Waals surface area contributed by atoms with Crippen LogP contribution in [0.25, 0.3) is 0 Å². The first-order valence-corrected chi connectivity index (χ1v) is 7.86. The second-order valence-corrected chi connectivity index (χ2v) is 5.36. The smallest absolute Gasteiger partial charge is 0.123 e. The Morgan fingerprint density at radius 1 is 1.04 bits per heavy atom. The molecule has 0 atom stereocenters. The van der Waals surface area contributed by atoms with E-state index in [1.165, 1.54) is 5.56 Å². The van der Waals surface area contributed by atoms with Crippen LogP contribution in [-0.2, 0) is 13.0 Å². The number of methoxy groups -OCH3 is 1. The monoisotopic (exact) mass is 355 g/mol. The lowest BCUT2D eigenvalue weighted by molar-refractivity contribution is 0.335. The molecule has 3 nitrogen and oxygen atoms in total. The van der Waals surface area contributed by atoms with Gasteiger partial charge in [0.25, 0.3) is 0 Å². The maximum Gasteiger partial charge on any atom is 0.123 e. The Morgan fingerprint density at radius 3 is 2.57 bits per heavy atom. The zero-order valence-electron chi connectivity index (χ0n) is 13.5. The highest BCUT2D eigenvalue weighted by Gasteiger charge is 2.05. The minimum Gasteiger partial charge on any atom is -0.496 e. The number of hydrogen-bond acceptors (Lipinski definition) is 3. The summed E-state index contributed by atoms with van der Waals surface area (Å²) in [5.74, 6) is 1.82. The predicted molar refractivity (Wildman–Crippen MR) is 98.3 cm³/mol. The number of benzene rings is 2. The van der Waals surface area contributed by atoms with E-state index in [2.05, 4.69) is 11.4 Å². The van der Waals surface area contributed by atoms with E-state index < -0.39 is 0 Å². The summed E-state index contributed by atoms with van der Waals surface area (Å²) in [4.78, 5) is 0. The fraction of sp³-hybridized carbons (Fsp3) is 0.333. The number of halogens is 2. The van der Waals surface area contributed by atoms with Gasteiger partial charge in [0.05, 0.1) is 13.7 Å². The molecule has 2 aromatic rings. The predicted octanol–water partition coefficient (Wildman–Crippen LogP) is 4.50. The van der Waals surface area contributed by atoms with Crippen molar-refractivity contribution in [2.45, 2.75) is 19.9 Å². The SMILES string of the molecule is CCOc1ccc(Cl)cc1CNCCc1ccccc1OC.Cl. The summed E-state index contributed by atoms with van der Waals surface area (Å²) < 4.78 is 11.0. The summed E-state index contributed by atoms with van der Waals surface area (Å²) in [6, 6.07) is 13.8. The molecular weight excluding hydrogens is 333 g/mol. The maximum absolute atomic E-state index is 6.07. The molecule has 5 heteroatoms. The number of nitrogens with one attached hydrogen (secondary N) is 1. The van der Waals surface area contributed by atoms with Crippen molar-refractivity contribution < 1.29 is 9.47 Å². The molecule has 0 aliphatic heterocycles. The molecule has 1 N–H and O–H groups in total. The number of ether oxygens (including phenoxy) is 2. The number of rotatable bonds is 8. The van der Waals surface area contributed by atoms with E-state index in [1.54, 1.807) is 7.11 Å².